The Bertz CT molecular complexity index is 502. The number of ether oxygens (including phenoxy) is 1. The fourth-order valence-corrected chi connectivity index (χ4v) is 2.73. The Labute approximate surface area is 102 Å². The second kappa shape index (κ2) is 5.07. The molecular formula is C10H14N2O4S. The van der Waals surface area contributed by atoms with Gasteiger partial charge >= 0.3 is 5.69 Å². The van der Waals surface area contributed by atoms with Crippen molar-refractivity contribution in [1.82, 2.24) is 9.55 Å². The van der Waals surface area contributed by atoms with E-state index in [0.29, 0.717) is 17.9 Å². The van der Waals surface area contributed by atoms with Crippen LogP contribution in [-0.4, -0.2) is 39.7 Å². The highest BCUT2D eigenvalue weighted by atomic mass is 32.2. The van der Waals surface area contributed by atoms with Crippen LogP contribution in [0.1, 0.15) is 10.9 Å². The molecule has 1 aliphatic heterocycles. The van der Waals surface area contributed by atoms with Crippen LogP contribution in [0.4, 0.5) is 0 Å². The van der Waals surface area contributed by atoms with Crippen molar-refractivity contribution in [1.29, 1.82) is 0 Å². The Kier molecular flexibility index (Phi) is 3.70. The first-order valence-electron chi connectivity index (χ1n) is 5.28. The third kappa shape index (κ3) is 2.62. The lowest BCUT2D eigenvalue weighted by atomic mass is 10.4. The highest BCUT2D eigenvalue weighted by molar-refractivity contribution is 7.99. The van der Waals surface area contributed by atoms with Crippen LogP contribution in [0.5, 0.6) is 0 Å². The van der Waals surface area contributed by atoms with E-state index in [1.807, 2.05) is 0 Å². The average molecular weight is 258 g/mol. The first-order valence-corrected chi connectivity index (χ1v) is 6.33. The number of nitrogens with zero attached hydrogens (tertiary/aromatic N) is 1. The van der Waals surface area contributed by atoms with Crippen molar-refractivity contribution in [3.8, 4) is 0 Å². The molecular weight excluding hydrogens is 244 g/mol. The molecule has 2 rings (SSSR count). The summed E-state index contributed by atoms with van der Waals surface area (Å²) >= 11 is 1.53. The summed E-state index contributed by atoms with van der Waals surface area (Å²) in [6, 6.07) is 0. The number of hydrogen-bond donors (Lipinski definition) is 2. The summed E-state index contributed by atoms with van der Waals surface area (Å²) in [5.41, 5.74) is -0.292. The summed E-state index contributed by atoms with van der Waals surface area (Å²) < 4.78 is 6.86. The standard InChI is InChI=1S/C10H14N2O4S/c1-6-2-12(10(15)11-9(6)14)8-4-16-7(3-13)5-17-8/h2,7-8,13H,3-5H2,1H3,(H,11,14,15). The van der Waals surface area contributed by atoms with E-state index in [9.17, 15) is 9.59 Å². The van der Waals surface area contributed by atoms with Gasteiger partial charge in [-0.1, -0.05) is 0 Å². The Hall–Kier alpha value is -1.05. The lowest BCUT2D eigenvalue weighted by Crippen LogP contribution is -2.37. The van der Waals surface area contributed by atoms with Crippen LogP contribution in [-0.2, 0) is 4.74 Å². The largest absolute Gasteiger partial charge is 0.394 e. The Morgan fingerprint density at radius 3 is 3.00 bits per heavy atom. The van der Waals surface area contributed by atoms with Crippen molar-refractivity contribution in [3.63, 3.8) is 0 Å². The zero-order valence-corrected chi connectivity index (χ0v) is 10.2. The Morgan fingerprint density at radius 2 is 2.41 bits per heavy atom. The van der Waals surface area contributed by atoms with Crippen LogP contribution in [0.25, 0.3) is 0 Å². The smallest absolute Gasteiger partial charge is 0.329 e. The third-order valence-electron chi connectivity index (χ3n) is 2.61. The SMILES string of the molecule is Cc1cn(C2COC(CO)CS2)c(=O)[nH]c1=O. The number of H-pyrrole nitrogens is 1. The van der Waals surface area contributed by atoms with Crippen molar-refractivity contribution in [2.24, 2.45) is 0 Å². The van der Waals surface area contributed by atoms with E-state index in [-0.39, 0.29) is 23.6 Å². The maximum Gasteiger partial charge on any atom is 0.329 e. The van der Waals surface area contributed by atoms with E-state index < -0.39 is 5.69 Å². The zero-order chi connectivity index (χ0) is 12.4. The van der Waals surface area contributed by atoms with Gasteiger partial charge < -0.3 is 9.84 Å². The van der Waals surface area contributed by atoms with Crippen molar-refractivity contribution in [3.05, 3.63) is 32.6 Å². The van der Waals surface area contributed by atoms with Crippen LogP contribution in [0, 0.1) is 6.92 Å². The quantitative estimate of drug-likeness (QED) is 0.745. The number of aliphatic hydroxyl groups is 1. The summed E-state index contributed by atoms with van der Waals surface area (Å²) in [4.78, 5) is 25.1. The van der Waals surface area contributed by atoms with Crippen LogP contribution in [0.15, 0.2) is 15.8 Å². The minimum Gasteiger partial charge on any atom is -0.394 e. The number of hydrogen-bond acceptors (Lipinski definition) is 5. The van der Waals surface area contributed by atoms with Gasteiger partial charge in [0.1, 0.15) is 5.37 Å². The van der Waals surface area contributed by atoms with E-state index in [2.05, 4.69) is 4.98 Å². The Balaban J connectivity index is 2.22. The number of aryl methyl sites for hydroxylation is 1. The summed E-state index contributed by atoms with van der Waals surface area (Å²) in [5, 5.41) is 8.78. The van der Waals surface area contributed by atoms with Crippen LogP contribution in [0.2, 0.25) is 0 Å². The average Bonchev–Trinajstić information content (AvgIpc) is 2.34. The molecule has 2 unspecified atom stereocenters. The van der Waals surface area contributed by atoms with Gasteiger partial charge in [-0.25, -0.2) is 4.79 Å². The molecule has 2 N–H and O–H groups in total. The minimum absolute atomic E-state index is 0.0146. The normalized spacial score (nSPS) is 24.8. The van der Waals surface area contributed by atoms with Gasteiger partial charge in [0.2, 0.25) is 0 Å². The van der Waals surface area contributed by atoms with Crippen LogP contribution < -0.4 is 11.2 Å². The van der Waals surface area contributed by atoms with Gasteiger partial charge in [0.15, 0.2) is 0 Å². The van der Waals surface area contributed by atoms with E-state index in [4.69, 9.17) is 9.84 Å². The van der Waals surface area contributed by atoms with Gasteiger partial charge in [-0.3, -0.25) is 14.3 Å². The van der Waals surface area contributed by atoms with Crippen molar-refractivity contribution >= 4 is 11.8 Å². The monoisotopic (exact) mass is 258 g/mol. The molecule has 6 nitrogen and oxygen atoms in total. The fraction of sp³-hybridized carbons (Fsp3) is 0.600. The highest BCUT2D eigenvalue weighted by Gasteiger charge is 2.23. The maximum atomic E-state index is 11.6. The summed E-state index contributed by atoms with van der Waals surface area (Å²) in [6.07, 6.45) is 1.37. The van der Waals surface area contributed by atoms with E-state index in [0.717, 1.165) is 0 Å². The number of thioether (sulfide) groups is 1. The molecule has 1 aromatic heterocycles. The number of nitrogens with one attached hydrogen (secondary N) is 1. The summed E-state index contributed by atoms with van der Waals surface area (Å²) in [7, 11) is 0. The number of rotatable bonds is 2. The summed E-state index contributed by atoms with van der Waals surface area (Å²) in [6.45, 7) is 1.99. The molecule has 0 saturated carbocycles. The zero-order valence-electron chi connectivity index (χ0n) is 9.38. The second-order valence-electron chi connectivity index (χ2n) is 3.90. The van der Waals surface area contributed by atoms with Crippen molar-refractivity contribution in [2.45, 2.75) is 18.4 Å². The van der Waals surface area contributed by atoms with Gasteiger partial charge in [0.25, 0.3) is 5.56 Å². The number of aromatic nitrogens is 2. The topological polar surface area (TPSA) is 84.3 Å². The van der Waals surface area contributed by atoms with E-state index in [1.165, 1.54) is 16.3 Å². The maximum absolute atomic E-state index is 11.6. The molecule has 0 amide bonds. The van der Waals surface area contributed by atoms with Gasteiger partial charge in [-0.2, -0.15) is 0 Å². The van der Waals surface area contributed by atoms with Crippen molar-refractivity contribution in [2.75, 3.05) is 19.0 Å². The fourth-order valence-electron chi connectivity index (χ4n) is 1.60. The molecule has 1 saturated heterocycles. The first-order chi connectivity index (χ1) is 8.11. The Morgan fingerprint density at radius 1 is 1.65 bits per heavy atom. The lowest BCUT2D eigenvalue weighted by molar-refractivity contribution is 0.0152. The molecule has 1 aliphatic rings. The molecule has 1 aromatic rings. The molecule has 7 heteroatoms. The minimum atomic E-state index is -0.427. The predicted octanol–water partition coefficient (Wildman–Crippen LogP) is -0.532. The molecule has 0 aliphatic carbocycles. The van der Waals surface area contributed by atoms with Gasteiger partial charge in [0, 0.05) is 17.5 Å². The molecule has 17 heavy (non-hydrogen) atoms. The predicted molar refractivity (Wildman–Crippen MR) is 64.4 cm³/mol. The number of aromatic amines is 1. The molecule has 0 aromatic carbocycles. The van der Waals surface area contributed by atoms with Gasteiger partial charge in [-0.05, 0) is 6.92 Å². The first kappa shape index (κ1) is 12.4. The van der Waals surface area contributed by atoms with E-state index in [1.54, 1.807) is 13.1 Å². The number of aliphatic hydroxyl groups excluding tert-OH is 1. The lowest BCUT2D eigenvalue weighted by Gasteiger charge is -2.28. The van der Waals surface area contributed by atoms with Crippen molar-refractivity contribution < 1.29 is 9.84 Å². The molecule has 0 radical (unpaired) electrons. The van der Waals surface area contributed by atoms with Gasteiger partial charge in [-0.15, -0.1) is 11.8 Å². The van der Waals surface area contributed by atoms with E-state index >= 15 is 0 Å². The molecule has 1 fully saturated rings. The second-order valence-corrected chi connectivity index (χ2v) is 5.12. The summed E-state index contributed by atoms with van der Waals surface area (Å²) in [5.74, 6) is 0.631. The van der Waals surface area contributed by atoms with Crippen LogP contribution >= 0.6 is 11.8 Å². The molecule has 0 bridgehead atoms. The molecule has 94 valence electrons. The highest BCUT2D eigenvalue weighted by Crippen LogP contribution is 2.28. The molecule has 0 spiro atoms. The molecule has 2 atom stereocenters. The molecule has 2 heterocycles. The third-order valence-corrected chi connectivity index (χ3v) is 3.92. The van der Waals surface area contributed by atoms with Crippen LogP contribution in [0.3, 0.4) is 0 Å². The van der Waals surface area contributed by atoms with Gasteiger partial charge in [0.05, 0.1) is 19.3 Å².